The standard InChI is InChI=1S/C20H13N3O2S/c24-15-9-7-13(8-10-15)22-11-3-4-14(22)12-18-19(25)23-17-6-2-1-5-16(17)21-20(23)26-18/h1-12,24H/b18-12-. The predicted octanol–water partition coefficient (Wildman–Crippen LogP) is 2.95. The molecule has 5 rings (SSSR count). The van der Waals surface area contributed by atoms with E-state index in [4.69, 9.17) is 0 Å². The molecule has 6 heteroatoms. The summed E-state index contributed by atoms with van der Waals surface area (Å²) in [6.45, 7) is 0. The Balaban J connectivity index is 1.71. The van der Waals surface area contributed by atoms with E-state index in [1.165, 1.54) is 11.3 Å². The topological polar surface area (TPSA) is 59.5 Å². The maximum absolute atomic E-state index is 12.9. The van der Waals surface area contributed by atoms with Crippen molar-refractivity contribution in [1.82, 2.24) is 14.0 Å². The van der Waals surface area contributed by atoms with Crippen LogP contribution < -0.4 is 10.1 Å². The molecule has 126 valence electrons. The van der Waals surface area contributed by atoms with E-state index < -0.39 is 0 Å². The van der Waals surface area contributed by atoms with Gasteiger partial charge in [-0.2, -0.15) is 0 Å². The SMILES string of the molecule is O=c1/c(=C/c2cccn2-c2ccc(O)cc2)sc2nc3ccccc3n12. The van der Waals surface area contributed by atoms with Gasteiger partial charge in [0, 0.05) is 17.6 Å². The number of hydrogen-bond donors (Lipinski definition) is 1. The molecular formula is C20H13N3O2S. The van der Waals surface area contributed by atoms with E-state index in [0.29, 0.717) is 9.49 Å². The summed E-state index contributed by atoms with van der Waals surface area (Å²) in [7, 11) is 0. The van der Waals surface area contributed by atoms with Gasteiger partial charge in [0.15, 0.2) is 4.96 Å². The first-order valence-electron chi connectivity index (χ1n) is 8.09. The highest BCUT2D eigenvalue weighted by atomic mass is 32.1. The van der Waals surface area contributed by atoms with Crippen LogP contribution in [0.5, 0.6) is 5.75 Å². The van der Waals surface area contributed by atoms with Gasteiger partial charge in [0.2, 0.25) is 0 Å². The third-order valence-electron chi connectivity index (χ3n) is 4.33. The van der Waals surface area contributed by atoms with E-state index >= 15 is 0 Å². The Hall–Kier alpha value is -3.38. The van der Waals surface area contributed by atoms with Gasteiger partial charge in [-0.15, -0.1) is 0 Å². The maximum atomic E-state index is 12.9. The van der Waals surface area contributed by atoms with Crippen LogP contribution in [0.1, 0.15) is 5.69 Å². The van der Waals surface area contributed by atoms with E-state index in [1.807, 2.05) is 65.4 Å². The van der Waals surface area contributed by atoms with E-state index in [2.05, 4.69) is 4.98 Å². The van der Waals surface area contributed by atoms with Crippen molar-refractivity contribution in [3.8, 4) is 11.4 Å². The molecule has 0 aliphatic carbocycles. The fourth-order valence-corrected chi connectivity index (χ4v) is 4.08. The Morgan fingerprint density at radius 1 is 1.00 bits per heavy atom. The molecule has 1 N–H and O–H groups in total. The highest BCUT2D eigenvalue weighted by Gasteiger charge is 2.11. The van der Waals surface area contributed by atoms with Crippen LogP contribution in [-0.2, 0) is 0 Å². The number of thiazole rings is 1. The predicted molar refractivity (Wildman–Crippen MR) is 103 cm³/mol. The van der Waals surface area contributed by atoms with Crippen LogP contribution >= 0.6 is 11.3 Å². The molecule has 0 saturated carbocycles. The molecule has 26 heavy (non-hydrogen) atoms. The van der Waals surface area contributed by atoms with Crippen LogP contribution in [-0.4, -0.2) is 19.1 Å². The first-order chi connectivity index (χ1) is 12.7. The van der Waals surface area contributed by atoms with Crippen LogP contribution in [0, 0.1) is 0 Å². The van der Waals surface area contributed by atoms with Crippen molar-refractivity contribution < 1.29 is 5.11 Å². The number of benzene rings is 2. The average Bonchev–Trinajstić information content (AvgIpc) is 3.32. The van der Waals surface area contributed by atoms with Crippen molar-refractivity contribution in [1.29, 1.82) is 0 Å². The normalized spacial score (nSPS) is 12.4. The highest BCUT2D eigenvalue weighted by molar-refractivity contribution is 7.15. The molecule has 0 aliphatic rings. The van der Waals surface area contributed by atoms with E-state index in [1.54, 1.807) is 16.5 Å². The average molecular weight is 359 g/mol. The van der Waals surface area contributed by atoms with Gasteiger partial charge in [-0.1, -0.05) is 23.5 Å². The summed E-state index contributed by atoms with van der Waals surface area (Å²) in [5.41, 5.74) is 3.41. The highest BCUT2D eigenvalue weighted by Crippen LogP contribution is 2.18. The number of phenolic OH excluding ortho intramolecular Hbond substituents is 1. The number of fused-ring (bicyclic) bond motifs is 3. The lowest BCUT2D eigenvalue weighted by atomic mass is 10.3. The largest absolute Gasteiger partial charge is 0.508 e. The fraction of sp³-hybridized carbons (Fsp3) is 0. The Labute approximate surface area is 151 Å². The lowest BCUT2D eigenvalue weighted by Gasteiger charge is -2.06. The molecule has 0 fully saturated rings. The van der Waals surface area contributed by atoms with Gasteiger partial charge in [-0.3, -0.25) is 4.79 Å². The Bertz CT molecular complexity index is 1360. The van der Waals surface area contributed by atoms with Crippen LogP contribution in [0.15, 0.2) is 71.7 Å². The summed E-state index contributed by atoms with van der Waals surface area (Å²) < 4.78 is 4.27. The lowest BCUT2D eigenvalue weighted by Crippen LogP contribution is -2.23. The molecule has 0 aliphatic heterocycles. The van der Waals surface area contributed by atoms with Crippen LogP contribution in [0.4, 0.5) is 0 Å². The van der Waals surface area contributed by atoms with E-state index in [0.717, 1.165) is 22.4 Å². The zero-order chi connectivity index (χ0) is 17.7. The molecule has 0 radical (unpaired) electrons. The summed E-state index contributed by atoms with van der Waals surface area (Å²) >= 11 is 1.38. The van der Waals surface area contributed by atoms with Crippen molar-refractivity contribution in [3.63, 3.8) is 0 Å². The molecule has 3 aromatic heterocycles. The molecular weight excluding hydrogens is 346 g/mol. The molecule has 0 bridgehead atoms. The minimum Gasteiger partial charge on any atom is -0.508 e. The second-order valence-electron chi connectivity index (χ2n) is 5.95. The van der Waals surface area contributed by atoms with E-state index in [9.17, 15) is 9.90 Å². The van der Waals surface area contributed by atoms with Gasteiger partial charge in [-0.25, -0.2) is 9.38 Å². The molecule has 0 atom stereocenters. The van der Waals surface area contributed by atoms with Crippen LogP contribution in [0.2, 0.25) is 0 Å². The zero-order valence-corrected chi connectivity index (χ0v) is 14.4. The zero-order valence-electron chi connectivity index (χ0n) is 13.5. The molecule has 0 saturated heterocycles. The van der Waals surface area contributed by atoms with Gasteiger partial charge in [0.25, 0.3) is 5.56 Å². The first-order valence-corrected chi connectivity index (χ1v) is 8.91. The second kappa shape index (κ2) is 5.57. The second-order valence-corrected chi connectivity index (χ2v) is 6.96. The minimum absolute atomic E-state index is 0.0582. The van der Waals surface area contributed by atoms with Gasteiger partial charge in [0.05, 0.1) is 15.6 Å². The number of nitrogens with zero attached hydrogens (tertiary/aromatic N) is 3. The van der Waals surface area contributed by atoms with Gasteiger partial charge >= 0.3 is 0 Å². The van der Waals surface area contributed by atoms with Crippen LogP contribution in [0.25, 0.3) is 27.8 Å². The number of imidazole rings is 1. The van der Waals surface area contributed by atoms with Crippen LogP contribution in [0.3, 0.4) is 0 Å². The summed E-state index contributed by atoms with van der Waals surface area (Å²) in [5.74, 6) is 0.222. The minimum atomic E-state index is -0.0582. The first kappa shape index (κ1) is 14.9. The maximum Gasteiger partial charge on any atom is 0.275 e. The molecule has 5 nitrogen and oxygen atoms in total. The van der Waals surface area contributed by atoms with Crippen molar-refractivity contribution in [2.75, 3.05) is 0 Å². The fourth-order valence-electron chi connectivity index (χ4n) is 3.11. The Morgan fingerprint density at radius 3 is 2.65 bits per heavy atom. The third-order valence-corrected chi connectivity index (χ3v) is 5.30. The quantitative estimate of drug-likeness (QED) is 0.527. The van der Waals surface area contributed by atoms with Crippen molar-refractivity contribution in [2.45, 2.75) is 0 Å². The number of aromatic hydroxyl groups is 1. The molecule has 0 unspecified atom stereocenters. The van der Waals surface area contributed by atoms with E-state index in [-0.39, 0.29) is 11.3 Å². The van der Waals surface area contributed by atoms with Gasteiger partial charge in [-0.05, 0) is 54.6 Å². The van der Waals surface area contributed by atoms with Crippen molar-refractivity contribution >= 4 is 33.4 Å². The summed E-state index contributed by atoms with van der Waals surface area (Å²) in [6.07, 6.45) is 3.81. The smallest absolute Gasteiger partial charge is 0.275 e. The summed E-state index contributed by atoms with van der Waals surface area (Å²) in [4.78, 5) is 18.1. The monoisotopic (exact) mass is 359 g/mol. The number of rotatable bonds is 2. The van der Waals surface area contributed by atoms with Crippen molar-refractivity contribution in [3.05, 3.63) is 87.4 Å². The van der Waals surface area contributed by atoms with Crippen molar-refractivity contribution in [2.24, 2.45) is 0 Å². The van der Waals surface area contributed by atoms with Gasteiger partial charge in [0.1, 0.15) is 5.75 Å². The molecule has 0 amide bonds. The Morgan fingerprint density at radius 2 is 1.81 bits per heavy atom. The third kappa shape index (κ3) is 2.23. The molecule has 5 aromatic rings. The number of phenols is 1. The number of hydrogen-bond acceptors (Lipinski definition) is 4. The molecule has 3 heterocycles. The number of aromatic nitrogens is 3. The molecule has 2 aromatic carbocycles. The Kier molecular flexibility index (Phi) is 3.20. The van der Waals surface area contributed by atoms with Gasteiger partial charge < -0.3 is 9.67 Å². The lowest BCUT2D eigenvalue weighted by molar-refractivity contribution is 0.475. The summed E-state index contributed by atoms with van der Waals surface area (Å²) in [6, 6.07) is 18.5. The number of para-hydroxylation sites is 2. The summed E-state index contributed by atoms with van der Waals surface area (Å²) in [5, 5.41) is 9.47. The molecule has 0 spiro atoms.